The van der Waals surface area contributed by atoms with Gasteiger partial charge < -0.3 is 10.8 Å². The number of aliphatic carboxylic acids is 1. The number of benzene rings is 1. The highest BCUT2D eigenvalue weighted by molar-refractivity contribution is 5.86. The lowest BCUT2D eigenvalue weighted by atomic mass is 10.1. The highest BCUT2D eigenvalue weighted by Crippen LogP contribution is 2.20. The van der Waals surface area contributed by atoms with E-state index in [0.29, 0.717) is 5.56 Å². The number of nitro benzene ring substituents is 1. The molecule has 0 aliphatic heterocycles. The minimum Gasteiger partial charge on any atom is -0.478 e. The van der Waals surface area contributed by atoms with Crippen LogP contribution in [-0.4, -0.2) is 16.0 Å². The molecule has 0 fully saturated rings. The summed E-state index contributed by atoms with van der Waals surface area (Å²) in [5.41, 5.74) is 5.98. The smallest absolute Gasteiger partial charge is 0.328 e. The molecule has 0 aliphatic carbocycles. The van der Waals surface area contributed by atoms with E-state index in [0.717, 1.165) is 6.08 Å². The minimum atomic E-state index is -1.14. The van der Waals surface area contributed by atoms with Gasteiger partial charge in [-0.05, 0) is 12.1 Å². The van der Waals surface area contributed by atoms with Gasteiger partial charge in [-0.3, -0.25) is 10.1 Å². The Morgan fingerprint density at radius 1 is 1.53 bits per heavy atom. The van der Waals surface area contributed by atoms with E-state index in [2.05, 4.69) is 0 Å². The van der Waals surface area contributed by atoms with Crippen molar-refractivity contribution in [3.8, 4) is 0 Å². The molecular formula is C9H8N2O4. The Hall–Kier alpha value is -2.37. The SMILES string of the molecule is Nc1ccc([N+](=O)[O-])cc1C=CC(=O)O. The monoisotopic (exact) mass is 208 g/mol. The fourth-order valence-corrected chi connectivity index (χ4v) is 0.981. The molecule has 1 aromatic rings. The summed E-state index contributed by atoms with van der Waals surface area (Å²) in [5.74, 6) is -1.14. The van der Waals surface area contributed by atoms with E-state index >= 15 is 0 Å². The van der Waals surface area contributed by atoms with Gasteiger partial charge in [0.2, 0.25) is 0 Å². The predicted molar refractivity (Wildman–Crippen MR) is 54.2 cm³/mol. The summed E-state index contributed by atoms with van der Waals surface area (Å²) in [6.45, 7) is 0. The van der Waals surface area contributed by atoms with E-state index in [4.69, 9.17) is 10.8 Å². The molecule has 0 aliphatic rings. The van der Waals surface area contributed by atoms with E-state index in [1.165, 1.54) is 24.3 Å². The summed E-state index contributed by atoms with van der Waals surface area (Å²) in [7, 11) is 0. The van der Waals surface area contributed by atoms with Crippen molar-refractivity contribution in [1.29, 1.82) is 0 Å². The van der Waals surface area contributed by atoms with Crippen molar-refractivity contribution >= 4 is 23.4 Å². The lowest BCUT2D eigenvalue weighted by molar-refractivity contribution is -0.384. The van der Waals surface area contributed by atoms with Gasteiger partial charge in [0, 0.05) is 29.5 Å². The van der Waals surface area contributed by atoms with Crippen LogP contribution < -0.4 is 5.73 Å². The first-order valence-corrected chi connectivity index (χ1v) is 3.95. The molecule has 0 saturated carbocycles. The Bertz CT molecular complexity index is 440. The number of hydrogen-bond acceptors (Lipinski definition) is 4. The second-order valence-corrected chi connectivity index (χ2v) is 2.74. The summed E-state index contributed by atoms with van der Waals surface area (Å²) in [4.78, 5) is 20.1. The number of nitro groups is 1. The van der Waals surface area contributed by atoms with Crippen LogP contribution in [0.1, 0.15) is 5.56 Å². The molecule has 0 atom stereocenters. The summed E-state index contributed by atoms with van der Waals surface area (Å²) in [6.07, 6.45) is 2.08. The summed E-state index contributed by atoms with van der Waals surface area (Å²) < 4.78 is 0. The van der Waals surface area contributed by atoms with E-state index in [1.807, 2.05) is 0 Å². The number of nitrogens with zero attached hydrogens (tertiary/aromatic N) is 1. The Labute approximate surface area is 84.8 Å². The van der Waals surface area contributed by atoms with Crippen LogP contribution in [0.4, 0.5) is 11.4 Å². The van der Waals surface area contributed by atoms with Crippen LogP contribution in [0.25, 0.3) is 6.08 Å². The number of carboxylic acid groups (broad SMARTS) is 1. The molecule has 15 heavy (non-hydrogen) atoms. The molecule has 0 unspecified atom stereocenters. The largest absolute Gasteiger partial charge is 0.478 e. The van der Waals surface area contributed by atoms with Crippen molar-refractivity contribution in [1.82, 2.24) is 0 Å². The number of anilines is 1. The first-order valence-electron chi connectivity index (χ1n) is 3.95. The standard InChI is InChI=1S/C9H8N2O4/c10-8-3-2-7(11(14)15)5-6(8)1-4-9(12)13/h1-5H,10H2,(H,12,13). The van der Waals surface area contributed by atoms with Crippen molar-refractivity contribution in [2.75, 3.05) is 5.73 Å². The Balaban J connectivity index is 3.11. The number of nitrogens with two attached hydrogens (primary N) is 1. The first kappa shape index (κ1) is 10.7. The van der Waals surface area contributed by atoms with Crippen LogP contribution in [0.5, 0.6) is 0 Å². The number of rotatable bonds is 3. The third-order valence-corrected chi connectivity index (χ3v) is 1.69. The lowest BCUT2D eigenvalue weighted by Crippen LogP contribution is -1.94. The topological polar surface area (TPSA) is 106 Å². The molecule has 0 aromatic heterocycles. The average molecular weight is 208 g/mol. The number of non-ortho nitro benzene ring substituents is 1. The second-order valence-electron chi connectivity index (χ2n) is 2.74. The normalized spacial score (nSPS) is 10.4. The van der Waals surface area contributed by atoms with Crippen LogP contribution in [0.15, 0.2) is 24.3 Å². The van der Waals surface area contributed by atoms with Gasteiger partial charge in [-0.1, -0.05) is 0 Å². The van der Waals surface area contributed by atoms with Crippen LogP contribution in [0, 0.1) is 10.1 Å². The minimum absolute atomic E-state index is 0.130. The maximum absolute atomic E-state index is 10.4. The van der Waals surface area contributed by atoms with E-state index in [1.54, 1.807) is 0 Å². The molecule has 0 spiro atoms. The molecule has 0 amide bonds. The van der Waals surface area contributed by atoms with Gasteiger partial charge in [0.1, 0.15) is 0 Å². The molecule has 0 heterocycles. The molecular weight excluding hydrogens is 200 g/mol. The molecule has 1 rings (SSSR count). The molecule has 0 bridgehead atoms. The van der Waals surface area contributed by atoms with Crippen molar-refractivity contribution in [3.63, 3.8) is 0 Å². The maximum Gasteiger partial charge on any atom is 0.328 e. The Morgan fingerprint density at radius 3 is 2.73 bits per heavy atom. The zero-order chi connectivity index (χ0) is 11.4. The zero-order valence-corrected chi connectivity index (χ0v) is 7.58. The molecule has 78 valence electrons. The molecule has 6 nitrogen and oxygen atoms in total. The lowest BCUT2D eigenvalue weighted by Gasteiger charge is -1.99. The summed E-state index contributed by atoms with van der Waals surface area (Å²) in [5, 5.41) is 18.8. The third-order valence-electron chi connectivity index (χ3n) is 1.69. The molecule has 0 saturated heterocycles. The van der Waals surface area contributed by atoms with E-state index in [-0.39, 0.29) is 11.4 Å². The third kappa shape index (κ3) is 2.80. The predicted octanol–water partition coefficient (Wildman–Crippen LogP) is 1.27. The van der Waals surface area contributed by atoms with Gasteiger partial charge in [0.25, 0.3) is 5.69 Å². The Kier molecular flexibility index (Phi) is 3.02. The second kappa shape index (κ2) is 4.23. The van der Waals surface area contributed by atoms with E-state index in [9.17, 15) is 14.9 Å². The Morgan fingerprint density at radius 2 is 2.20 bits per heavy atom. The maximum atomic E-state index is 10.4. The quantitative estimate of drug-likeness (QED) is 0.336. The summed E-state index contributed by atoms with van der Waals surface area (Å²) in [6, 6.07) is 3.84. The van der Waals surface area contributed by atoms with E-state index < -0.39 is 10.9 Å². The molecule has 3 N–H and O–H groups in total. The van der Waals surface area contributed by atoms with Crippen LogP contribution in [0.3, 0.4) is 0 Å². The first-order chi connectivity index (χ1) is 7.00. The van der Waals surface area contributed by atoms with Crippen molar-refractivity contribution < 1.29 is 14.8 Å². The van der Waals surface area contributed by atoms with Crippen molar-refractivity contribution in [3.05, 3.63) is 40.0 Å². The summed E-state index contributed by atoms with van der Waals surface area (Å²) >= 11 is 0. The molecule has 1 aromatic carbocycles. The van der Waals surface area contributed by atoms with Crippen LogP contribution >= 0.6 is 0 Å². The van der Waals surface area contributed by atoms with Crippen molar-refractivity contribution in [2.24, 2.45) is 0 Å². The van der Waals surface area contributed by atoms with Gasteiger partial charge in [-0.2, -0.15) is 0 Å². The average Bonchev–Trinajstić information content (AvgIpc) is 2.16. The van der Waals surface area contributed by atoms with Crippen molar-refractivity contribution in [2.45, 2.75) is 0 Å². The molecule has 0 radical (unpaired) electrons. The van der Waals surface area contributed by atoms with Gasteiger partial charge in [-0.15, -0.1) is 0 Å². The number of carbonyl (C=O) groups is 1. The van der Waals surface area contributed by atoms with Crippen LogP contribution in [-0.2, 0) is 4.79 Å². The van der Waals surface area contributed by atoms with Gasteiger partial charge in [0.05, 0.1) is 4.92 Å². The van der Waals surface area contributed by atoms with Gasteiger partial charge >= 0.3 is 5.97 Å². The number of hydrogen-bond donors (Lipinski definition) is 2. The van der Waals surface area contributed by atoms with Gasteiger partial charge in [-0.25, -0.2) is 4.79 Å². The van der Waals surface area contributed by atoms with Gasteiger partial charge in [0.15, 0.2) is 0 Å². The number of carboxylic acids is 1. The zero-order valence-electron chi connectivity index (χ0n) is 7.58. The highest BCUT2D eigenvalue weighted by Gasteiger charge is 2.07. The fourth-order valence-electron chi connectivity index (χ4n) is 0.981. The number of nitrogen functional groups attached to an aromatic ring is 1. The highest BCUT2D eigenvalue weighted by atomic mass is 16.6. The van der Waals surface area contributed by atoms with Crippen LogP contribution in [0.2, 0.25) is 0 Å². The molecule has 6 heteroatoms. The fraction of sp³-hybridized carbons (Fsp3) is 0.